The summed E-state index contributed by atoms with van der Waals surface area (Å²) in [5.74, 6) is 0.390. The van der Waals surface area contributed by atoms with E-state index in [1.807, 2.05) is 18.2 Å². The number of H-pyrrole nitrogens is 1. The molecule has 0 radical (unpaired) electrons. The lowest BCUT2D eigenvalue weighted by molar-refractivity contribution is 0.0618. The van der Waals surface area contributed by atoms with Crippen molar-refractivity contribution in [3.8, 4) is 0 Å². The minimum absolute atomic E-state index is 0.170. The Morgan fingerprint density at radius 1 is 1.42 bits per heavy atom. The normalized spacial score (nSPS) is 27.2. The molecule has 1 aromatic heterocycles. The third-order valence-electron chi connectivity index (χ3n) is 5.03. The van der Waals surface area contributed by atoms with Gasteiger partial charge in [-0.3, -0.25) is 9.89 Å². The van der Waals surface area contributed by atoms with E-state index in [-0.39, 0.29) is 11.9 Å². The summed E-state index contributed by atoms with van der Waals surface area (Å²) in [6, 6.07) is 5.69. The van der Waals surface area contributed by atoms with Gasteiger partial charge < -0.3 is 14.8 Å². The van der Waals surface area contributed by atoms with Gasteiger partial charge in [-0.25, -0.2) is 4.72 Å². The summed E-state index contributed by atoms with van der Waals surface area (Å²) in [4.78, 5) is 15.2. The van der Waals surface area contributed by atoms with Crippen LogP contribution in [0.2, 0.25) is 0 Å². The third-order valence-corrected chi connectivity index (χ3v) is 5.54. The molecule has 5 rings (SSSR count). The first-order valence-electron chi connectivity index (χ1n) is 8.22. The number of nitrogens with zero attached hydrogens (tertiary/aromatic N) is 2. The lowest BCUT2D eigenvalue weighted by Gasteiger charge is -2.44. The number of anilines is 1. The molecule has 3 fully saturated rings. The molecule has 8 heteroatoms. The molecule has 2 bridgehead atoms. The summed E-state index contributed by atoms with van der Waals surface area (Å²) < 4.78 is 14.4. The van der Waals surface area contributed by atoms with Gasteiger partial charge in [0.05, 0.1) is 28.0 Å². The minimum Gasteiger partial charge on any atom is -0.593 e. The second kappa shape index (κ2) is 6.27. The number of hydrogen-bond donors (Lipinski definition) is 3. The van der Waals surface area contributed by atoms with Crippen LogP contribution in [0.25, 0.3) is 10.9 Å². The van der Waals surface area contributed by atoms with Crippen LogP contribution in [0, 0.1) is 5.92 Å². The first-order valence-corrected chi connectivity index (χ1v) is 9.78. The first kappa shape index (κ1) is 15.7. The zero-order chi connectivity index (χ0) is 16.7. The molecule has 0 saturated carbocycles. The fourth-order valence-corrected chi connectivity index (χ4v) is 4.32. The highest BCUT2D eigenvalue weighted by Crippen LogP contribution is 2.29. The fourth-order valence-electron chi connectivity index (χ4n) is 3.84. The molecule has 1 aromatic carbocycles. The average Bonchev–Trinajstić information content (AvgIpc) is 3.01. The third kappa shape index (κ3) is 2.85. The summed E-state index contributed by atoms with van der Waals surface area (Å²) in [5.41, 5.74) is 1.76. The van der Waals surface area contributed by atoms with Gasteiger partial charge in [-0.1, -0.05) is 6.07 Å². The lowest BCUT2D eigenvalue weighted by Crippen LogP contribution is -2.57. The predicted octanol–water partition coefficient (Wildman–Crippen LogP) is 1.09. The van der Waals surface area contributed by atoms with Gasteiger partial charge in [-0.15, -0.1) is 0 Å². The van der Waals surface area contributed by atoms with E-state index in [9.17, 15) is 9.35 Å². The van der Waals surface area contributed by atoms with Crippen molar-refractivity contribution in [3.05, 3.63) is 23.9 Å². The first-order chi connectivity index (χ1) is 11.6. The van der Waals surface area contributed by atoms with E-state index in [4.69, 9.17) is 0 Å². The number of amides is 1. The number of piperidine rings is 3. The van der Waals surface area contributed by atoms with Crippen molar-refractivity contribution in [2.24, 2.45) is 5.92 Å². The Labute approximate surface area is 143 Å². The van der Waals surface area contributed by atoms with Gasteiger partial charge in [0, 0.05) is 12.6 Å². The van der Waals surface area contributed by atoms with E-state index in [0.717, 1.165) is 38.0 Å². The largest absolute Gasteiger partial charge is 0.593 e. The van der Waals surface area contributed by atoms with E-state index in [1.165, 1.54) is 0 Å². The number of carbonyl (C=O) groups excluding carboxylic acids is 1. The van der Waals surface area contributed by atoms with Crippen LogP contribution in [0.4, 0.5) is 5.69 Å². The average molecular weight is 347 g/mol. The molecule has 3 N–H and O–H groups in total. The van der Waals surface area contributed by atoms with Crippen molar-refractivity contribution in [2.75, 3.05) is 30.6 Å². The molecule has 7 nitrogen and oxygen atoms in total. The Morgan fingerprint density at radius 2 is 2.21 bits per heavy atom. The SMILES string of the molecule is C[S+]([O-])Nc1cccc2[nH]nc(C(=O)N[C@@H]3CN4CCC3CC4)c12. The van der Waals surface area contributed by atoms with Gasteiger partial charge in [0.15, 0.2) is 5.69 Å². The molecule has 0 spiro atoms. The van der Waals surface area contributed by atoms with Gasteiger partial charge in [0.1, 0.15) is 6.26 Å². The Morgan fingerprint density at radius 3 is 2.88 bits per heavy atom. The monoisotopic (exact) mass is 347 g/mol. The van der Waals surface area contributed by atoms with E-state index < -0.39 is 11.4 Å². The van der Waals surface area contributed by atoms with Crippen molar-refractivity contribution in [1.82, 2.24) is 20.4 Å². The van der Waals surface area contributed by atoms with E-state index in [2.05, 4.69) is 25.1 Å². The molecule has 0 aliphatic carbocycles. The second-order valence-electron chi connectivity index (χ2n) is 6.57. The minimum atomic E-state index is -1.22. The van der Waals surface area contributed by atoms with Gasteiger partial charge in [-0.05, 0) is 44.0 Å². The number of hydrogen-bond acceptors (Lipinski definition) is 5. The zero-order valence-corrected chi connectivity index (χ0v) is 14.4. The molecule has 24 heavy (non-hydrogen) atoms. The number of fused-ring (bicyclic) bond motifs is 4. The number of nitrogens with one attached hydrogen (secondary N) is 3. The number of benzene rings is 1. The molecule has 4 heterocycles. The maximum Gasteiger partial charge on any atom is 0.272 e. The standard InChI is InChI=1S/C16H21N5O2S/c1-24(23)20-12-4-2-3-11-14(12)15(19-18-11)16(22)17-13-9-21-7-5-10(13)6-8-21/h2-4,10,13,20H,5-9H2,1H3,(H,17,22)(H,18,19)/t13-,24?/m1/s1. The number of aromatic nitrogens is 2. The Balaban J connectivity index is 1.60. The van der Waals surface area contributed by atoms with Gasteiger partial charge >= 0.3 is 0 Å². The van der Waals surface area contributed by atoms with Crippen LogP contribution < -0.4 is 10.0 Å². The van der Waals surface area contributed by atoms with E-state index in [1.54, 1.807) is 6.26 Å². The van der Waals surface area contributed by atoms with Gasteiger partial charge in [0.25, 0.3) is 5.91 Å². The summed E-state index contributed by atoms with van der Waals surface area (Å²) in [7, 11) is 0. The summed E-state index contributed by atoms with van der Waals surface area (Å²) in [6.45, 7) is 3.19. The van der Waals surface area contributed by atoms with E-state index in [0.29, 0.717) is 22.7 Å². The van der Waals surface area contributed by atoms with Crippen molar-refractivity contribution >= 4 is 33.9 Å². The van der Waals surface area contributed by atoms with Crippen LogP contribution in [0.5, 0.6) is 0 Å². The number of carbonyl (C=O) groups is 1. The molecule has 1 amide bonds. The second-order valence-corrected chi connectivity index (χ2v) is 7.69. The smallest absolute Gasteiger partial charge is 0.272 e. The molecule has 2 aromatic rings. The topological polar surface area (TPSA) is 96.1 Å². The molecule has 3 aliphatic rings. The van der Waals surface area contributed by atoms with Crippen LogP contribution in [0.3, 0.4) is 0 Å². The highest BCUT2D eigenvalue weighted by molar-refractivity contribution is 7.92. The molecule has 3 aliphatic heterocycles. The van der Waals surface area contributed by atoms with Gasteiger partial charge in [-0.2, -0.15) is 5.10 Å². The highest BCUT2D eigenvalue weighted by Gasteiger charge is 2.35. The van der Waals surface area contributed by atoms with Crippen molar-refractivity contribution in [3.63, 3.8) is 0 Å². The van der Waals surface area contributed by atoms with E-state index >= 15 is 0 Å². The van der Waals surface area contributed by atoms with Crippen LogP contribution in [-0.4, -0.2) is 57.5 Å². The Bertz CT molecular complexity index is 754. The van der Waals surface area contributed by atoms with Crippen molar-refractivity contribution in [1.29, 1.82) is 0 Å². The quantitative estimate of drug-likeness (QED) is 0.720. The molecular formula is C16H21N5O2S. The van der Waals surface area contributed by atoms with Crippen LogP contribution in [-0.2, 0) is 11.4 Å². The number of aromatic amines is 1. The zero-order valence-electron chi connectivity index (χ0n) is 13.5. The Kier molecular flexibility index (Phi) is 4.11. The Hall–Kier alpha value is -1.77. The highest BCUT2D eigenvalue weighted by atomic mass is 32.2. The van der Waals surface area contributed by atoms with Gasteiger partial charge in [0.2, 0.25) is 0 Å². The molecule has 3 saturated heterocycles. The maximum atomic E-state index is 12.8. The van der Waals surface area contributed by atoms with Crippen molar-refractivity contribution < 1.29 is 9.35 Å². The maximum absolute atomic E-state index is 12.8. The van der Waals surface area contributed by atoms with Crippen LogP contribution in [0.1, 0.15) is 23.3 Å². The lowest BCUT2D eigenvalue weighted by atomic mass is 9.84. The molecule has 128 valence electrons. The van der Waals surface area contributed by atoms with Crippen LogP contribution >= 0.6 is 0 Å². The predicted molar refractivity (Wildman–Crippen MR) is 94.2 cm³/mol. The van der Waals surface area contributed by atoms with Crippen LogP contribution in [0.15, 0.2) is 18.2 Å². The molecule has 2 atom stereocenters. The fraction of sp³-hybridized carbons (Fsp3) is 0.500. The van der Waals surface area contributed by atoms with Crippen molar-refractivity contribution in [2.45, 2.75) is 18.9 Å². The molecule has 1 unspecified atom stereocenters. The summed E-state index contributed by atoms with van der Waals surface area (Å²) >= 11 is -1.22. The number of rotatable bonds is 4. The summed E-state index contributed by atoms with van der Waals surface area (Å²) in [6.07, 6.45) is 3.85. The molecular weight excluding hydrogens is 326 g/mol. The summed E-state index contributed by atoms with van der Waals surface area (Å²) in [5, 5.41) is 10.9.